The monoisotopic (exact) mass is 520 g/mol. The number of aryl methyl sites for hydroxylation is 2. The summed E-state index contributed by atoms with van der Waals surface area (Å²) < 4.78 is 3.71. The smallest absolute Gasteiger partial charge is 0.247 e. The quantitative estimate of drug-likeness (QED) is 0.373. The van der Waals surface area contributed by atoms with Crippen LogP contribution in [0, 0.1) is 22.7 Å². The predicted octanol–water partition coefficient (Wildman–Crippen LogP) is 4.12. The third-order valence-electron chi connectivity index (χ3n) is 7.58. The summed E-state index contributed by atoms with van der Waals surface area (Å²) >= 11 is 0. The van der Waals surface area contributed by atoms with Gasteiger partial charge in [0.25, 0.3) is 0 Å². The molecule has 1 atom stereocenters. The van der Waals surface area contributed by atoms with Crippen molar-refractivity contribution >= 4 is 23.2 Å². The van der Waals surface area contributed by atoms with Crippen LogP contribution in [0.4, 0.5) is 11.4 Å². The van der Waals surface area contributed by atoms with Crippen LogP contribution >= 0.6 is 0 Å². The van der Waals surface area contributed by atoms with Crippen LogP contribution in [-0.2, 0) is 22.7 Å². The van der Waals surface area contributed by atoms with E-state index in [1.165, 1.54) is 6.92 Å². The number of anilines is 2. The molecule has 196 valence electrons. The maximum atomic E-state index is 13.4. The number of benzene rings is 1. The van der Waals surface area contributed by atoms with Crippen LogP contribution in [-0.4, -0.2) is 42.9 Å². The topological polar surface area (TPSA) is 122 Å². The lowest BCUT2D eigenvalue weighted by molar-refractivity contribution is -0.123. The fourth-order valence-corrected chi connectivity index (χ4v) is 5.48. The van der Waals surface area contributed by atoms with Gasteiger partial charge in [0.2, 0.25) is 11.8 Å². The SMILES string of the molecule is CC(=O)Nc1cccc(-c2cnn(CCn3cccn3)c2)c1-c1cc(N2CC[C@@](C#N)(C3CC3)C2=O)ccn1. The highest BCUT2D eigenvalue weighted by Crippen LogP contribution is 2.52. The van der Waals surface area contributed by atoms with Crippen molar-refractivity contribution in [2.24, 2.45) is 11.3 Å². The first-order chi connectivity index (χ1) is 19.0. The normalized spacial score (nSPS) is 18.8. The molecule has 1 aromatic carbocycles. The molecule has 2 aliphatic rings. The van der Waals surface area contributed by atoms with Crippen molar-refractivity contribution in [3.63, 3.8) is 0 Å². The van der Waals surface area contributed by atoms with Gasteiger partial charge in [-0.3, -0.25) is 23.9 Å². The average Bonchev–Trinajstić information content (AvgIpc) is 3.33. The van der Waals surface area contributed by atoms with E-state index in [9.17, 15) is 14.9 Å². The Morgan fingerprint density at radius 2 is 2.00 bits per heavy atom. The molecule has 1 saturated carbocycles. The van der Waals surface area contributed by atoms with Crippen molar-refractivity contribution in [1.29, 1.82) is 5.26 Å². The minimum absolute atomic E-state index is 0.126. The summed E-state index contributed by atoms with van der Waals surface area (Å²) in [4.78, 5) is 31.9. The van der Waals surface area contributed by atoms with Crippen LogP contribution in [0.2, 0.25) is 0 Å². The molecule has 0 spiro atoms. The molecule has 4 heterocycles. The first-order valence-electron chi connectivity index (χ1n) is 13.1. The zero-order valence-corrected chi connectivity index (χ0v) is 21.6. The Labute approximate surface area is 225 Å². The van der Waals surface area contributed by atoms with Crippen molar-refractivity contribution in [3.05, 3.63) is 67.4 Å². The fourth-order valence-electron chi connectivity index (χ4n) is 5.48. The molecule has 2 amide bonds. The number of nitrogens with zero attached hydrogens (tertiary/aromatic N) is 7. The summed E-state index contributed by atoms with van der Waals surface area (Å²) in [5, 5.41) is 21.6. The third kappa shape index (κ3) is 4.56. The molecule has 1 aliphatic carbocycles. The van der Waals surface area contributed by atoms with Gasteiger partial charge in [-0.25, -0.2) is 0 Å². The van der Waals surface area contributed by atoms with Crippen LogP contribution < -0.4 is 10.2 Å². The maximum absolute atomic E-state index is 13.4. The Morgan fingerprint density at radius 3 is 2.74 bits per heavy atom. The molecule has 0 unspecified atom stereocenters. The zero-order valence-electron chi connectivity index (χ0n) is 21.6. The van der Waals surface area contributed by atoms with Gasteiger partial charge in [0.1, 0.15) is 5.41 Å². The standard InChI is InChI=1S/C29H28N8O2/c1-20(38)34-25-5-2-4-24(21-17-33-36(18-21)15-14-35-12-3-10-32-35)27(25)26-16-23(8-11-31-26)37-13-9-29(19-30,28(37)39)22-6-7-22/h2-5,8,10-12,16-18,22H,6-7,9,13-15H2,1H3,(H,34,38)/t29-/m1/s1. The number of carbonyl (C=O) groups excluding carboxylic acids is 2. The highest BCUT2D eigenvalue weighted by Gasteiger charge is 2.56. The number of pyridine rings is 1. The van der Waals surface area contributed by atoms with Gasteiger partial charge in [-0.05, 0) is 55.0 Å². The molecule has 4 aromatic rings. The number of rotatable bonds is 8. The summed E-state index contributed by atoms with van der Waals surface area (Å²) in [7, 11) is 0. The molecular formula is C29H28N8O2. The number of nitriles is 1. The van der Waals surface area contributed by atoms with Crippen molar-refractivity contribution < 1.29 is 9.59 Å². The molecule has 0 radical (unpaired) electrons. The van der Waals surface area contributed by atoms with E-state index in [4.69, 9.17) is 0 Å². The van der Waals surface area contributed by atoms with Crippen molar-refractivity contribution in [2.75, 3.05) is 16.8 Å². The number of carbonyl (C=O) groups is 2. The Kier molecular flexibility index (Phi) is 6.19. The predicted molar refractivity (Wildman–Crippen MR) is 145 cm³/mol. The largest absolute Gasteiger partial charge is 0.326 e. The second kappa shape index (κ2) is 9.83. The fraction of sp³-hybridized carbons (Fsp3) is 0.310. The minimum atomic E-state index is -0.923. The number of amides is 2. The summed E-state index contributed by atoms with van der Waals surface area (Å²) in [6, 6.07) is 13.6. The summed E-state index contributed by atoms with van der Waals surface area (Å²) in [6.07, 6.45) is 11.5. The van der Waals surface area contributed by atoms with E-state index in [-0.39, 0.29) is 17.7 Å². The first-order valence-corrected chi connectivity index (χ1v) is 13.1. The summed E-state index contributed by atoms with van der Waals surface area (Å²) in [6.45, 7) is 3.30. The maximum Gasteiger partial charge on any atom is 0.247 e. The Hall–Kier alpha value is -4.78. The minimum Gasteiger partial charge on any atom is -0.326 e. The van der Waals surface area contributed by atoms with E-state index < -0.39 is 5.41 Å². The number of aromatic nitrogens is 5. The number of nitrogens with one attached hydrogen (secondary N) is 1. The van der Waals surface area contributed by atoms with Crippen molar-refractivity contribution in [2.45, 2.75) is 39.3 Å². The van der Waals surface area contributed by atoms with E-state index in [0.29, 0.717) is 43.1 Å². The molecule has 1 saturated heterocycles. The van der Waals surface area contributed by atoms with Gasteiger partial charge in [0.15, 0.2) is 0 Å². The van der Waals surface area contributed by atoms with Crippen LogP contribution in [0.3, 0.4) is 0 Å². The lowest BCUT2D eigenvalue weighted by atomic mass is 9.83. The molecule has 0 bridgehead atoms. The van der Waals surface area contributed by atoms with Gasteiger partial charge in [-0.2, -0.15) is 15.5 Å². The van der Waals surface area contributed by atoms with Gasteiger partial charge in [-0.1, -0.05) is 12.1 Å². The number of hydrogen-bond acceptors (Lipinski definition) is 6. The van der Waals surface area contributed by atoms with E-state index in [1.54, 1.807) is 29.6 Å². The van der Waals surface area contributed by atoms with Gasteiger partial charge in [0, 0.05) is 55.1 Å². The average molecular weight is 521 g/mol. The highest BCUT2D eigenvalue weighted by molar-refractivity contribution is 6.03. The van der Waals surface area contributed by atoms with Gasteiger partial charge in [-0.15, -0.1) is 0 Å². The Balaban J connectivity index is 1.36. The molecule has 1 N–H and O–H groups in total. The molecular weight excluding hydrogens is 492 g/mol. The van der Waals surface area contributed by atoms with Crippen molar-refractivity contribution in [3.8, 4) is 28.5 Å². The van der Waals surface area contributed by atoms with Crippen LogP contribution in [0.25, 0.3) is 22.4 Å². The highest BCUT2D eigenvalue weighted by atomic mass is 16.2. The van der Waals surface area contributed by atoms with Crippen molar-refractivity contribution in [1.82, 2.24) is 24.5 Å². The lowest BCUT2D eigenvalue weighted by Gasteiger charge is -2.22. The lowest BCUT2D eigenvalue weighted by Crippen LogP contribution is -2.35. The summed E-state index contributed by atoms with van der Waals surface area (Å²) in [5.74, 6) is -0.172. The number of hydrogen-bond donors (Lipinski definition) is 1. The molecule has 6 rings (SSSR count). The van der Waals surface area contributed by atoms with Crippen LogP contribution in [0.1, 0.15) is 26.2 Å². The molecule has 10 nitrogen and oxygen atoms in total. The molecule has 3 aromatic heterocycles. The van der Waals surface area contributed by atoms with Crippen LogP contribution in [0.15, 0.2) is 67.4 Å². The van der Waals surface area contributed by atoms with Gasteiger partial charge < -0.3 is 10.2 Å². The van der Waals surface area contributed by atoms with E-state index in [0.717, 1.165) is 29.5 Å². The van der Waals surface area contributed by atoms with E-state index in [1.807, 2.05) is 52.1 Å². The molecule has 2 fully saturated rings. The zero-order chi connectivity index (χ0) is 27.0. The molecule has 1 aliphatic heterocycles. The Bertz CT molecular complexity index is 1580. The van der Waals surface area contributed by atoms with Crippen LogP contribution in [0.5, 0.6) is 0 Å². The molecule has 39 heavy (non-hydrogen) atoms. The third-order valence-corrected chi connectivity index (χ3v) is 7.58. The van der Waals surface area contributed by atoms with Gasteiger partial charge >= 0.3 is 0 Å². The Morgan fingerprint density at radius 1 is 1.15 bits per heavy atom. The second-order valence-electron chi connectivity index (χ2n) is 10.1. The van der Waals surface area contributed by atoms with E-state index in [2.05, 4.69) is 26.6 Å². The molecule has 10 heteroatoms. The summed E-state index contributed by atoms with van der Waals surface area (Å²) in [5.41, 5.74) is 3.47. The van der Waals surface area contributed by atoms with Gasteiger partial charge in [0.05, 0.1) is 36.7 Å². The first kappa shape index (κ1) is 24.6. The van der Waals surface area contributed by atoms with E-state index >= 15 is 0 Å². The second-order valence-corrected chi connectivity index (χ2v) is 10.1.